The standard InChI is InChI=1S/C17H15NO4S/c19-14-9-12-15(11-5-2-1-3-6-11)16(13-7-4-8-23-13)17(12,10-22-14)18(20)21/h1-8,12,15-16H,9-10H2/t12-,15-,16+,17+/m0/s1. The largest absolute Gasteiger partial charge is 0.458 e. The van der Waals surface area contributed by atoms with Gasteiger partial charge < -0.3 is 4.74 Å². The number of fused-ring (bicyclic) bond motifs is 1. The fraction of sp³-hybridized carbons (Fsp3) is 0.353. The van der Waals surface area contributed by atoms with Gasteiger partial charge >= 0.3 is 5.97 Å². The van der Waals surface area contributed by atoms with Gasteiger partial charge in [-0.1, -0.05) is 36.4 Å². The molecule has 2 fully saturated rings. The van der Waals surface area contributed by atoms with Crippen molar-refractivity contribution in [3.05, 3.63) is 68.4 Å². The van der Waals surface area contributed by atoms with Crippen LogP contribution in [0.4, 0.5) is 0 Å². The molecule has 2 aliphatic rings. The molecular weight excluding hydrogens is 314 g/mol. The molecule has 1 aliphatic carbocycles. The van der Waals surface area contributed by atoms with Crippen molar-refractivity contribution in [2.45, 2.75) is 23.8 Å². The Kier molecular flexibility index (Phi) is 3.23. The molecule has 1 aromatic heterocycles. The Morgan fingerprint density at radius 2 is 2.00 bits per heavy atom. The third kappa shape index (κ3) is 1.94. The summed E-state index contributed by atoms with van der Waals surface area (Å²) < 4.78 is 5.11. The van der Waals surface area contributed by atoms with Crippen LogP contribution in [0.2, 0.25) is 0 Å². The lowest BCUT2D eigenvalue weighted by Gasteiger charge is -2.55. The fourth-order valence-corrected chi connectivity index (χ4v) is 5.16. The number of hydrogen-bond acceptors (Lipinski definition) is 5. The van der Waals surface area contributed by atoms with Crippen molar-refractivity contribution in [3.8, 4) is 0 Å². The van der Waals surface area contributed by atoms with Gasteiger partial charge in [0.1, 0.15) is 0 Å². The quantitative estimate of drug-likeness (QED) is 0.492. The van der Waals surface area contributed by atoms with Crippen molar-refractivity contribution in [2.75, 3.05) is 6.61 Å². The zero-order valence-corrected chi connectivity index (χ0v) is 13.1. The Morgan fingerprint density at radius 3 is 2.65 bits per heavy atom. The minimum atomic E-state index is -1.20. The summed E-state index contributed by atoms with van der Waals surface area (Å²) in [6.45, 7) is -0.130. The molecule has 2 heterocycles. The van der Waals surface area contributed by atoms with Gasteiger partial charge in [-0.3, -0.25) is 14.9 Å². The van der Waals surface area contributed by atoms with Crippen LogP contribution in [0.1, 0.15) is 28.7 Å². The number of thiophene rings is 1. The molecule has 23 heavy (non-hydrogen) atoms. The topological polar surface area (TPSA) is 69.4 Å². The number of carbonyl (C=O) groups is 1. The first kappa shape index (κ1) is 14.4. The van der Waals surface area contributed by atoms with Crippen molar-refractivity contribution in [3.63, 3.8) is 0 Å². The molecule has 1 saturated carbocycles. The monoisotopic (exact) mass is 329 g/mol. The lowest BCUT2D eigenvalue weighted by Crippen LogP contribution is -2.69. The van der Waals surface area contributed by atoms with Crippen LogP contribution < -0.4 is 0 Å². The van der Waals surface area contributed by atoms with Crippen LogP contribution in [0.15, 0.2) is 47.8 Å². The van der Waals surface area contributed by atoms with Crippen LogP contribution >= 0.6 is 11.3 Å². The van der Waals surface area contributed by atoms with E-state index in [9.17, 15) is 14.9 Å². The number of carbonyl (C=O) groups excluding carboxylic acids is 1. The highest BCUT2D eigenvalue weighted by Gasteiger charge is 2.74. The minimum Gasteiger partial charge on any atom is -0.458 e. The van der Waals surface area contributed by atoms with Crippen molar-refractivity contribution < 1.29 is 14.5 Å². The predicted octanol–water partition coefficient (Wildman–Crippen LogP) is 3.21. The van der Waals surface area contributed by atoms with Gasteiger partial charge in [0.2, 0.25) is 0 Å². The third-order valence-electron chi connectivity index (χ3n) is 5.20. The SMILES string of the molecule is O=C1C[C@H]2[C@H](c3ccccc3)[C@@H](c3cccs3)[C@@]2([N+](=O)[O-])CO1. The highest BCUT2D eigenvalue weighted by Crippen LogP contribution is 2.64. The first-order valence-corrected chi connectivity index (χ1v) is 8.41. The number of cyclic esters (lactones) is 1. The molecule has 0 bridgehead atoms. The van der Waals surface area contributed by atoms with Gasteiger partial charge in [-0.2, -0.15) is 0 Å². The molecule has 0 radical (unpaired) electrons. The number of benzene rings is 1. The highest BCUT2D eigenvalue weighted by molar-refractivity contribution is 7.10. The number of hydrogen-bond donors (Lipinski definition) is 0. The van der Waals surface area contributed by atoms with Gasteiger partial charge in [-0.15, -0.1) is 11.3 Å². The van der Waals surface area contributed by atoms with E-state index in [2.05, 4.69) is 0 Å². The van der Waals surface area contributed by atoms with Gasteiger partial charge in [0.05, 0.1) is 18.3 Å². The number of nitro groups is 1. The molecule has 0 unspecified atom stereocenters. The molecule has 1 saturated heterocycles. The molecule has 5 nitrogen and oxygen atoms in total. The summed E-state index contributed by atoms with van der Waals surface area (Å²) in [4.78, 5) is 24.5. The lowest BCUT2D eigenvalue weighted by molar-refractivity contribution is -0.612. The van der Waals surface area contributed by atoms with Gasteiger partial charge in [0.25, 0.3) is 5.54 Å². The molecule has 0 spiro atoms. The molecule has 1 aromatic carbocycles. The van der Waals surface area contributed by atoms with Crippen LogP contribution in [-0.4, -0.2) is 23.0 Å². The molecule has 0 amide bonds. The number of rotatable bonds is 3. The number of nitrogens with zero attached hydrogens (tertiary/aromatic N) is 1. The Bertz CT molecular complexity index is 745. The zero-order chi connectivity index (χ0) is 16.0. The summed E-state index contributed by atoms with van der Waals surface area (Å²) >= 11 is 1.53. The first-order chi connectivity index (χ1) is 11.1. The smallest absolute Gasteiger partial charge is 0.306 e. The second-order valence-corrected chi connectivity index (χ2v) is 7.13. The third-order valence-corrected chi connectivity index (χ3v) is 6.15. The van der Waals surface area contributed by atoms with Crippen LogP contribution in [0.5, 0.6) is 0 Å². The average molecular weight is 329 g/mol. The number of esters is 1. The van der Waals surface area contributed by atoms with E-state index in [0.29, 0.717) is 0 Å². The fourth-order valence-electron chi connectivity index (χ4n) is 4.19. The average Bonchev–Trinajstić information content (AvgIpc) is 3.04. The molecule has 4 rings (SSSR count). The van der Waals surface area contributed by atoms with E-state index < -0.39 is 5.54 Å². The first-order valence-electron chi connectivity index (χ1n) is 7.53. The summed E-state index contributed by atoms with van der Waals surface area (Å²) in [6.07, 6.45) is 0.114. The van der Waals surface area contributed by atoms with E-state index in [0.717, 1.165) is 10.4 Å². The zero-order valence-electron chi connectivity index (χ0n) is 12.3. The second kappa shape index (κ2) is 5.16. The van der Waals surface area contributed by atoms with Crippen molar-refractivity contribution in [1.82, 2.24) is 0 Å². The lowest BCUT2D eigenvalue weighted by atomic mass is 9.48. The maximum Gasteiger partial charge on any atom is 0.306 e. The van der Waals surface area contributed by atoms with Crippen LogP contribution in [0, 0.1) is 16.0 Å². The van der Waals surface area contributed by atoms with Gasteiger partial charge in [0.15, 0.2) is 6.61 Å². The Hall–Kier alpha value is -2.21. The van der Waals surface area contributed by atoms with Crippen molar-refractivity contribution in [2.24, 2.45) is 5.92 Å². The van der Waals surface area contributed by atoms with E-state index in [1.54, 1.807) is 0 Å². The number of ether oxygens (including phenoxy) is 1. The maximum atomic E-state index is 11.9. The van der Waals surface area contributed by atoms with E-state index in [1.165, 1.54) is 11.3 Å². The molecule has 6 heteroatoms. The summed E-state index contributed by atoms with van der Waals surface area (Å²) in [5.41, 5.74) is -0.137. The summed E-state index contributed by atoms with van der Waals surface area (Å²) in [6, 6.07) is 13.7. The highest BCUT2D eigenvalue weighted by atomic mass is 32.1. The van der Waals surface area contributed by atoms with Crippen molar-refractivity contribution >= 4 is 17.3 Å². The van der Waals surface area contributed by atoms with E-state index in [4.69, 9.17) is 4.74 Å². The summed E-state index contributed by atoms with van der Waals surface area (Å²) in [7, 11) is 0. The second-order valence-electron chi connectivity index (χ2n) is 6.15. The van der Waals surface area contributed by atoms with Crippen LogP contribution in [0.3, 0.4) is 0 Å². The Labute approximate surface area is 137 Å². The summed E-state index contributed by atoms with van der Waals surface area (Å²) in [5, 5.41) is 13.9. The van der Waals surface area contributed by atoms with Gasteiger partial charge in [0, 0.05) is 15.7 Å². The molecule has 1 aliphatic heterocycles. The molecule has 118 valence electrons. The normalized spacial score (nSPS) is 32.5. The van der Waals surface area contributed by atoms with Gasteiger partial charge in [-0.05, 0) is 17.0 Å². The molecule has 0 N–H and O–H groups in total. The Balaban J connectivity index is 1.84. The minimum absolute atomic E-state index is 0.0203. The van der Waals surface area contributed by atoms with Crippen molar-refractivity contribution in [1.29, 1.82) is 0 Å². The molecule has 4 atom stereocenters. The molecule has 2 aromatic rings. The summed E-state index contributed by atoms with van der Waals surface area (Å²) in [5.74, 6) is -0.919. The molecular formula is C17H15NO4S. The van der Waals surface area contributed by atoms with E-state index >= 15 is 0 Å². The Morgan fingerprint density at radius 1 is 1.22 bits per heavy atom. The van der Waals surface area contributed by atoms with Crippen LogP contribution in [-0.2, 0) is 9.53 Å². The van der Waals surface area contributed by atoms with Crippen LogP contribution in [0.25, 0.3) is 0 Å². The van der Waals surface area contributed by atoms with E-state index in [-0.39, 0.29) is 41.7 Å². The van der Waals surface area contributed by atoms with E-state index in [1.807, 2.05) is 47.8 Å². The maximum absolute atomic E-state index is 11.9. The van der Waals surface area contributed by atoms with Gasteiger partial charge in [-0.25, -0.2) is 0 Å². The predicted molar refractivity (Wildman–Crippen MR) is 85.0 cm³/mol.